The van der Waals surface area contributed by atoms with Crippen molar-refractivity contribution in [2.75, 3.05) is 19.6 Å². The van der Waals surface area contributed by atoms with E-state index in [9.17, 15) is 4.79 Å². The lowest BCUT2D eigenvalue weighted by Crippen LogP contribution is -2.53. The summed E-state index contributed by atoms with van der Waals surface area (Å²) in [4.78, 5) is 15.0. The van der Waals surface area contributed by atoms with Crippen LogP contribution < -0.4 is 10.6 Å². The Hall–Kier alpha value is -0.610. The Morgan fingerprint density at radius 1 is 1.40 bits per heavy atom. The highest BCUT2D eigenvalue weighted by molar-refractivity contribution is 5.82. The third-order valence-electron chi connectivity index (χ3n) is 5.40. The van der Waals surface area contributed by atoms with Crippen LogP contribution >= 0.6 is 0 Å². The normalized spacial score (nSPS) is 32.1. The quantitative estimate of drug-likeness (QED) is 0.805. The molecule has 0 saturated carbocycles. The number of rotatable bonds is 5. The van der Waals surface area contributed by atoms with Gasteiger partial charge in [0.15, 0.2) is 0 Å². The summed E-state index contributed by atoms with van der Waals surface area (Å²) in [5, 5.41) is 6.69. The molecule has 2 aliphatic heterocycles. The van der Waals surface area contributed by atoms with E-state index >= 15 is 0 Å². The molecule has 2 heterocycles. The van der Waals surface area contributed by atoms with Crippen LogP contribution in [0.25, 0.3) is 0 Å². The van der Waals surface area contributed by atoms with Crippen LogP contribution in [0.4, 0.5) is 0 Å². The molecule has 116 valence electrons. The molecule has 2 fully saturated rings. The number of carbonyl (C=O) groups is 1. The van der Waals surface area contributed by atoms with E-state index in [1.54, 1.807) is 0 Å². The molecule has 2 rings (SSSR count). The molecule has 0 bridgehead atoms. The zero-order valence-corrected chi connectivity index (χ0v) is 13.7. The molecule has 0 aromatic heterocycles. The number of likely N-dealkylation sites (tertiary alicyclic amines) is 1. The summed E-state index contributed by atoms with van der Waals surface area (Å²) < 4.78 is 0. The monoisotopic (exact) mass is 281 g/mol. The second kappa shape index (κ2) is 6.02. The zero-order valence-electron chi connectivity index (χ0n) is 13.7. The predicted octanol–water partition coefficient (Wildman–Crippen LogP) is 1.61. The molecule has 4 unspecified atom stereocenters. The van der Waals surface area contributed by atoms with E-state index in [2.05, 4.69) is 50.2 Å². The predicted molar refractivity (Wildman–Crippen MR) is 82.6 cm³/mol. The van der Waals surface area contributed by atoms with Gasteiger partial charge in [0.25, 0.3) is 0 Å². The molecule has 0 radical (unpaired) electrons. The summed E-state index contributed by atoms with van der Waals surface area (Å²) >= 11 is 0. The van der Waals surface area contributed by atoms with E-state index in [0.29, 0.717) is 6.04 Å². The summed E-state index contributed by atoms with van der Waals surface area (Å²) in [6.45, 7) is 13.9. The van der Waals surface area contributed by atoms with E-state index in [0.717, 1.165) is 44.3 Å². The van der Waals surface area contributed by atoms with Crippen LogP contribution in [0.5, 0.6) is 0 Å². The van der Waals surface area contributed by atoms with Gasteiger partial charge in [0.2, 0.25) is 5.91 Å². The number of carbonyl (C=O) groups excluding carboxylic acids is 1. The van der Waals surface area contributed by atoms with E-state index in [4.69, 9.17) is 0 Å². The molecule has 0 aliphatic carbocycles. The summed E-state index contributed by atoms with van der Waals surface area (Å²) in [7, 11) is 0. The topological polar surface area (TPSA) is 44.4 Å². The number of hydrogen-bond acceptors (Lipinski definition) is 3. The first-order valence-corrected chi connectivity index (χ1v) is 8.18. The molecule has 4 atom stereocenters. The molecule has 0 aromatic rings. The molecule has 4 nitrogen and oxygen atoms in total. The second-order valence-corrected chi connectivity index (χ2v) is 7.16. The van der Waals surface area contributed by atoms with Gasteiger partial charge in [0.1, 0.15) is 0 Å². The SMILES string of the molecule is CCC1C2CNCC2CN1C(C)C(=O)NC(C)(C)CC. The molecule has 0 aromatic carbocycles. The molecule has 1 amide bonds. The molecule has 20 heavy (non-hydrogen) atoms. The van der Waals surface area contributed by atoms with Crippen molar-refractivity contribution < 1.29 is 4.79 Å². The molecular weight excluding hydrogens is 250 g/mol. The number of nitrogens with one attached hydrogen (secondary N) is 2. The zero-order chi connectivity index (χ0) is 14.9. The summed E-state index contributed by atoms with van der Waals surface area (Å²) in [5.74, 6) is 1.65. The minimum absolute atomic E-state index is 0.0172. The van der Waals surface area contributed by atoms with Crippen LogP contribution in [0, 0.1) is 11.8 Å². The highest BCUT2D eigenvalue weighted by Gasteiger charge is 2.46. The lowest BCUT2D eigenvalue weighted by Gasteiger charge is -2.34. The lowest BCUT2D eigenvalue weighted by atomic mass is 9.92. The number of hydrogen-bond donors (Lipinski definition) is 2. The van der Waals surface area contributed by atoms with Crippen molar-refractivity contribution in [3.05, 3.63) is 0 Å². The standard InChI is InChI=1S/C16H31N3O/c1-6-14-13-9-17-8-12(13)10-19(14)11(3)15(20)18-16(4,5)7-2/h11-14,17H,6-10H2,1-5H3,(H,18,20). The van der Waals surface area contributed by atoms with Crippen LogP contribution in [0.3, 0.4) is 0 Å². The molecule has 2 N–H and O–H groups in total. The van der Waals surface area contributed by atoms with E-state index < -0.39 is 0 Å². The van der Waals surface area contributed by atoms with Gasteiger partial charge in [-0.25, -0.2) is 0 Å². The first kappa shape index (κ1) is 15.8. The minimum Gasteiger partial charge on any atom is -0.350 e. The van der Waals surface area contributed by atoms with Crippen LogP contribution in [0.2, 0.25) is 0 Å². The number of nitrogens with zero attached hydrogens (tertiary/aromatic N) is 1. The third kappa shape index (κ3) is 3.01. The average Bonchev–Trinajstić information content (AvgIpc) is 2.96. The van der Waals surface area contributed by atoms with Gasteiger partial charge in [-0.15, -0.1) is 0 Å². The van der Waals surface area contributed by atoms with Gasteiger partial charge in [0, 0.05) is 18.1 Å². The first-order valence-electron chi connectivity index (χ1n) is 8.18. The van der Waals surface area contributed by atoms with Crippen molar-refractivity contribution in [1.29, 1.82) is 0 Å². The van der Waals surface area contributed by atoms with Crippen molar-refractivity contribution in [3.63, 3.8) is 0 Å². The summed E-state index contributed by atoms with van der Waals surface area (Å²) in [5.41, 5.74) is -0.107. The lowest BCUT2D eigenvalue weighted by molar-refractivity contribution is -0.128. The molecule has 2 saturated heterocycles. The van der Waals surface area contributed by atoms with Crippen molar-refractivity contribution in [1.82, 2.24) is 15.5 Å². The Balaban J connectivity index is 2.01. The Morgan fingerprint density at radius 2 is 2.10 bits per heavy atom. The van der Waals surface area contributed by atoms with Gasteiger partial charge >= 0.3 is 0 Å². The fourth-order valence-corrected chi connectivity index (χ4v) is 3.72. The maximum atomic E-state index is 12.5. The van der Waals surface area contributed by atoms with Crippen molar-refractivity contribution in [2.45, 2.75) is 65.1 Å². The molecule has 2 aliphatic rings. The third-order valence-corrected chi connectivity index (χ3v) is 5.40. The fraction of sp³-hybridized carbons (Fsp3) is 0.938. The highest BCUT2D eigenvalue weighted by Crippen LogP contribution is 2.35. The molecule has 4 heteroatoms. The van der Waals surface area contributed by atoms with E-state index in [1.165, 1.54) is 0 Å². The van der Waals surface area contributed by atoms with Crippen LogP contribution in [-0.2, 0) is 4.79 Å². The van der Waals surface area contributed by atoms with Crippen molar-refractivity contribution in [3.8, 4) is 0 Å². The first-order chi connectivity index (χ1) is 9.39. The smallest absolute Gasteiger partial charge is 0.237 e. The average molecular weight is 281 g/mol. The summed E-state index contributed by atoms with van der Waals surface area (Å²) in [6, 6.07) is 0.539. The van der Waals surface area contributed by atoms with Gasteiger partial charge in [0.05, 0.1) is 6.04 Å². The largest absolute Gasteiger partial charge is 0.350 e. The Labute approximate surface area is 123 Å². The van der Waals surface area contributed by atoms with Crippen molar-refractivity contribution >= 4 is 5.91 Å². The van der Waals surface area contributed by atoms with E-state index in [1.807, 2.05) is 0 Å². The highest BCUT2D eigenvalue weighted by atomic mass is 16.2. The van der Waals surface area contributed by atoms with Crippen molar-refractivity contribution in [2.24, 2.45) is 11.8 Å². The maximum absolute atomic E-state index is 12.5. The van der Waals surface area contributed by atoms with Gasteiger partial charge in [-0.05, 0) is 58.5 Å². The number of fused-ring (bicyclic) bond motifs is 1. The van der Waals surface area contributed by atoms with Gasteiger partial charge in [-0.1, -0.05) is 13.8 Å². The van der Waals surface area contributed by atoms with Gasteiger partial charge < -0.3 is 10.6 Å². The minimum atomic E-state index is -0.107. The molecular formula is C16H31N3O. The van der Waals surface area contributed by atoms with Crippen LogP contribution in [0.15, 0.2) is 0 Å². The fourth-order valence-electron chi connectivity index (χ4n) is 3.72. The second-order valence-electron chi connectivity index (χ2n) is 7.16. The van der Waals surface area contributed by atoms with E-state index in [-0.39, 0.29) is 17.5 Å². The van der Waals surface area contributed by atoms with Gasteiger partial charge in [-0.3, -0.25) is 9.69 Å². The Morgan fingerprint density at radius 3 is 2.70 bits per heavy atom. The van der Waals surface area contributed by atoms with Crippen LogP contribution in [0.1, 0.15) is 47.5 Å². The maximum Gasteiger partial charge on any atom is 0.237 e. The van der Waals surface area contributed by atoms with Gasteiger partial charge in [-0.2, -0.15) is 0 Å². The Bertz CT molecular complexity index is 356. The summed E-state index contributed by atoms with van der Waals surface area (Å²) in [6.07, 6.45) is 2.09. The van der Waals surface area contributed by atoms with Crippen LogP contribution in [-0.4, -0.2) is 48.1 Å². The molecule has 0 spiro atoms. The Kier molecular flexibility index (Phi) is 4.75. The number of amides is 1.